The van der Waals surface area contributed by atoms with Crippen molar-refractivity contribution < 1.29 is 0 Å². The minimum Gasteiger partial charge on any atom is -0.336 e. The Kier molecular flexibility index (Phi) is 5.11. The first-order valence-corrected chi connectivity index (χ1v) is 11.1. The van der Waals surface area contributed by atoms with Gasteiger partial charge in [0, 0.05) is 35.5 Å². The zero-order valence-corrected chi connectivity index (χ0v) is 16.9. The number of benzene rings is 3. The van der Waals surface area contributed by atoms with Gasteiger partial charge in [0.15, 0.2) is 0 Å². The van der Waals surface area contributed by atoms with Crippen molar-refractivity contribution in [1.82, 2.24) is 4.90 Å². The summed E-state index contributed by atoms with van der Waals surface area (Å²) in [5.74, 6) is 0. The molecule has 5 rings (SSSR count). The molecular formula is C25H26N2S. The number of piperidine rings is 1. The van der Waals surface area contributed by atoms with E-state index in [2.05, 4.69) is 88.7 Å². The van der Waals surface area contributed by atoms with Gasteiger partial charge < -0.3 is 9.80 Å². The number of rotatable bonds is 4. The van der Waals surface area contributed by atoms with E-state index in [4.69, 9.17) is 0 Å². The van der Waals surface area contributed by atoms with E-state index in [1.165, 1.54) is 59.2 Å². The second kappa shape index (κ2) is 8.02. The normalized spacial score (nSPS) is 17.2. The summed E-state index contributed by atoms with van der Waals surface area (Å²) in [6.45, 7) is 3.54. The van der Waals surface area contributed by atoms with Crippen LogP contribution in [-0.4, -0.2) is 30.6 Å². The Morgan fingerprint density at radius 2 is 1.29 bits per heavy atom. The molecule has 0 spiro atoms. The van der Waals surface area contributed by atoms with Gasteiger partial charge in [-0.05, 0) is 49.1 Å². The van der Waals surface area contributed by atoms with Gasteiger partial charge >= 0.3 is 0 Å². The molecule has 0 N–H and O–H groups in total. The highest BCUT2D eigenvalue weighted by atomic mass is 32.2. The smallest absolute Gasteiger partial charge is 0.0555 e. The van der Waals surface area contributed by atoms with Crippen LogP contribution in [0.1, 0.15) is 18.4 Å². The molecule has 2 heterocycles. The molecular weight excluding hydrogens is 360 g/mol. The number of likely N-dealkylation sites (tertiary alicyclic amines) is 1. The average molecular weight is 387 g/mol. The number of anilines is 2. The van der Waals surface area contributed by atoms with Crippen molar-refractivity contribution in [1.29, 1.82) is 0 Å². The summed E-state index contributed by atoms with van der Waals surface area (Å²) in [4.78, 5) is 8.02. The second-order valence-electron chi connectivity index (χ2n) is 7.72. The van der Waals surface area contributed by atoms with Crippen LogP contribution in [0.3, 0.4) is 0 Å². The molecule has 1 saturated heterocycles. The highest BCUT2D eigenvalue weighted by molar-refractivity contribution is 7.99. The Morgan fingerprint density at radius 3 is 1.93 bits per heavy atom. The Bertz CT molecular complexity index is 887. The fraction of sp³-hybridized carbons (Fsp3) is 0.280. The van der Waals surface area contributed by atoms with E-state index >= 15 is 0 Å². The Balaban J connectivity index is 1.30. The number of hydrogen-bond acceptors (Lipinski definition) is 3. The van der Waals surface area contributed by atoms with Crippen molar-refractivity contribution in [2.75, 3.05) is 24.5 Å². The largest absolute Gasteiger partial charge is 0.336 e. The summed E-state index contributed by atoms with van der Waals surface area (Å²) in [6, 6.07) is 29.2. The minimum atomic E-state index is 0.580. The lowest BCUT2D eigenvalue weighted by Crippen LogP contribution is -2.44. The third-order valence-electron chi connectivity index (χ3n) is 5.95. The van der Waals surface area contributed by atoms with E-state index in [0.717, 1.165) is 6.42 Å². The van der Waals surface area contributed by atoms with Gasteiger partial charge in [-0.2, -0.15) is 0 Å². The van der Waals surface area contributed by atoms with Crippen LogP contribution >= 0.6 is 11.8 Å². The molecule has 0 aromatic heterocycles. The van der Waals surface area contributed by atoms with Crippen molar-refractivity contribution >= 4 is 23.1 Å². The summed E-state index contributed by atoms with van der Waals surface area (Å²) in [5, 5.41) is 0. The fourth-order valence-electron chi connectivity index (χ4n) is 4.46. The highest BCUT2D eigenvalue weighted by Crippen LogP contribution is 2.49. The van der Waals surface area contributed by atoms with E-state index in [1.54, 1.807) is 0 Å². The summed E-state index contributed by atoms with van der Waals surface area (Å²) in [7, 11) is 0. The topological polar surface area (TPSA) is 6.48 Å². The predicted molar refractivity (Wildman–Crippen MR) is 119 cm³/mol. The molecule has 3 heteroatoms. The van der Waals surface area contributed by atoms with Gasteiger partial charge in [-0.25, -0.2) is 0 Å². The van der Waals surface area contributed by atoms with Crippen LogP contribution in [-0.2, 0) is 6.42 Å². The molecule has 2 aliphatic rings. The molecule has 2 nitrogen and oxygen atoms in total. The first-order chi connectivity index (χ1) is 13.9. The van der Waals surface area contributed by atoms with Crippen LogP contribution in [0.25, 0.3) is 0 Å². The Labute approximate surface area is 172 Å². The van der Waals surface area contributed by atoms with E-state index < -0.39 is 0 Å². The van der Waals surface area contributed by atoms with Gasteiger partial charge in [0.2, 0.25) is 0 Å². The van der Waals surface area contributed by atoms with Gasteiger partial charge in [0.05, 0.1) is 11.4 Å². The summed E-state index contributed by atoms with van der Waals surface area (Å²) >= 11 is 1.90. The van der Waals surface area contributed by atoms with Crippen molar-refractivity contribution in [3.63, 3.8) is 0 Å². The Hall–Kier alpha value is -2.23. The SMILES string of the molecule is c1ccc(CCN2CCC(N3c4ccccc4Sc4ccccc43)CC2)cc1. The van der Waals surface area contributed by atoms with Crippen molar-refractivity contribution in [2.45, 2.75) is 35.1 Å². The standard InChI is InChI=1S/C25H26N2S/c1-2-8-20(9-3-1)14-17-26-18-15-21(16-19-26)27-22-10-4-6-12-24(22)28-25-13-7-5-11-23(25)27/h1-13,21H,14-19H2. The zero-order valence-electron chi connectivity index (χ0n) is 16.1. The Morgan fingerprint density at radius 1 is 0.714 bits per heavy atom. The highest BCUT2D eigenvalue weighted by Gasteiger charge is 2.31. The lowest BCUT2D eigenvalue weighted by Gasteiger charge is -2.42. The molecule has 0 bridgehead atoms. The van der Waals surface area contributed by atoms with Crippen LogP contribution in [0.4, 0.5) is 11.4 Å². The molecule has 0 radical (unpaired) electrons. The number of nitrogens with zero attached hydrogens (tertiary/aromatic N) is 2. The molecule has 0 amide bonds. The maximum Gasteiger partial charge on any atom is 0.0555 e. The third kappa shape index (κ3) is 3.57. The van der Waals surface area contributed by atoms with E-state index in [1.807, 2.05) is 11.8 Å². The van der Waals surface area contributed by atoms with Gasteiger partial charge in [-0.3, -0.25) is 0 Å². The minimum absolute atomic E-state index is 0.580. The molecule has 0 unspecified atom stereocenters. The second-order valence-corrected chi connectivity index (χ2v) is 8.80. The molecule has 3 aromatic rings. The van der Waals surface area contributed by atoms with Crippen molar-refractivity contribution in [3.8, 4) is 0 Å². The van der Waals surface area contributed by atoms with Crippen LogP contribution < -0.4 is 4.90 Å². The van der Waals surface area contributed by atoms with E-state index in [-0.39, 0.29) is 0 Å². The fourth-order valence-corrected chi connectivity index (χ4v) is 5.53. The first kappa shape index (κ1) is 17.8. The third-order valence-corrected chi connectivity index (χ3v) is 7.08. The van der Waals surface area contributed by atoms with Crippen LogP contribution in [0.15, 0.2) is 88.7 Å². The molecule has 3 aromatic carbocycles. The maximum atomic E-state index is 2.64. The lowest BCUT2D eigenvalue weighted by molar-refractivity contribution is 0.214. The number of hydrogen-bond donors (Lipinski definition) is 0. The molecule has 2 aliphatic heterocycles. The molecule has 28 heavy (non-hydrogen) atoms. The predicted octanol–water partition coefficient (Wildman–Crippen LogP) is 6.00. The molecule has 0 atom stereocenters. The van der Waals surface area contributed by atoms with E-state index in [0.29, 0.717) is 6.04 Å². The van der Waals surface area contributed by atoms with Crippen molar-refractivity contribution in [3.05, 3.63) is 84.4 Å². The summed E-state index contributed by atoms with van der Waals surface area (Å²) in [6.07, 6.45) is 3.60. The van der Waals surface area contributed by atoms with Crippen LogP contribution in [0.5, 0.6) is 0 Å². The van der Waals surface area contributed by atoms with Gasteiger partial charge in [-0.15, -0.1) is 0 Å². The maximum absolute atomic E-state index is 2.64. The molecule has 1 fully saturated rings. The van der Waals surface area contributed by atoms with Gasteiger partial charge in [-0.1, -0.05) is 66.4 Å². The number of para-hydroxylation sites is 2. The molecule has 0 saturated carbocycles. The average Bonchev–Trinajstić information content (AvgIpc) is 2.77. The zero-order chi connectivity index (χ0) is 18.8. The first-order valence-electron chi connectivity index (χ1n) is 10.3. The quantitative estimate of drug-likeness (QED) is 0.543. The van der Waals surface area contributed by atoms with Crippen LogP contribution in [0, 0.1) is 0 Å². The molecule has 0 aliphatic carbocycles. The molecule has 142 valence electrons. The van der Waals surface area contributed by atoms with Crippen LogP contribution in [0.2, 0.25) is 0 Å². The summed E-state index contributed by atoms with van der Waals surface area (Å²) < 4.78 is 0. The monoisotopic (exact) mass is 386 g/mol. The van der Waals surface area contributed by atoms with Crippen molar-refractivity contribution in [2.24, 2.45) is 0 Å². The van der Waals surface area contributed by atoms with Gasteiger partial charge in [0.25, 0.3) is 0 Å². The summed E-state index contributed by atoms with van der Waals surface area (Å²) in [5.41, 5.74) is 4.21. The van der Waals surface area contributed by atoms with Gasteiger partial charge in [0.1, 0.15) is 0 Å². The number of fused-ring (bicyclic) bond motifs is 2. The van der Waals surface area contributed by atoms with E-state index in [9.17, 15) is 0 Å². The lowest BCUT2D eigenvalue weighted by atomic mass is 10.00.